The number of amides is 2. The molecule has 0 unspecified atom stereocenters. The van der Waals surface area contributed by atoms with E-state index < -0.39 is 17.9 Å². The number of ketones is 1. The summed E-state index contributed by atoms with van der Waals surface area (Å²) in [4.78, 5) is 28.2. The van der Waals surface area contributed by atoms with Gasteiger partial charge in [0.05, 0.1) is 12.1 Å². The Labute approximate surface area is 261 Å². The Hall–Kier alpha value is -5.69. The number of para-hydroxylation sites is 1. The second-order valence-electron chi connectivity index (χ2n) is 10.6. The number of allylic oxidation sites excluding steroid dienone is 1. The van der Waals surface area contributed by atoms with Gasteiger partial charge in [-0.15, -0.1) is 0 Å². The Morgan fingerprint density at radius 2 is 1.36 bits per heavy atom. The predicted molar refractivity (Wildman–Crippen MR) is 172 cm³/mol. The van der Waals surface area contributed by atoms with E-state index in [-0.39, 0.29) is 11.8 Å². The fourth-order valence-corrected chi connectivity index (χ4v) is 5.28. The Balaban J connectivity index is 1.37. The molecule has 0 aliphatic carbocycles. The lowest BCUT2D eigenvalue weighted by atomic mass is 9.96. The van der Waals surface area contributed by atoms with Crippen LogP contribution in [0.5, 0.6) is 11.5 Å². The zero-order valence-corrected chi connectivity index (χ0v) is 24.4. The molecule has 1 heterocycles. The number of urea groups is 1. The molecule has 224 valence electrons. The summed E-state index contributed by atoms with van der Waals surface area (Å²) in [5.41, 5.74) is 3.80. The second kappa shape index (κ2) is 13.7. The van der Waals surface area contributed by atoms with Crippen molar-refractivity contribution in [2.75, 3.05) is 4.90 Å². The zero-order chi connectivity index (χ0) is 31.0. The number of ether oxygens (including phenoxy) is 2. The first-order valence-corrected chi connectivity index (χ1v) is 14.7. The highest BCUT2D eigenvalue weighted by Gasteiger charge is 2.41. The molecule has 0 bridgehead atoms. The third kappa shape index (κ3) is 7.11. The van der Waals surface area contributed by atoms with Crippen LogP contribution in [0.1, 0.15) is 33.1 Å². The van der Waals surface area contributed by atoms with Crippen molar-refractivity contribution in [1.29, 1.82) is 0 Å². The number of benzene rings is 5. The van der Waals surface area contributed by atoms with Gasteiger partial charge in [0.15, 0.2) is 5.78 Å². The van der Waals surface area contributed by atoms with Crippen molar-refractivity contribution < 1.29 is 23.5 Å². The van der Waals surface area contributed by atoms with Gasteiger partial charge in [0.1, 0.15) is 30.5 Å². The van der Waals surface area contributed by atoms with Crippen LogP contribution < -0.4 is 19.7 Å². The molecule has 0 saturated carbocycles. The van der Waals surface area contributed by atoms with Crippen LogP contribution >= 0.6 is 0 Å². The van der Waals surface area contributed by atoms with Gasteiger partial charge in [-0.2, -0.15) is 0 Å². The summed E-state index contributed by atoms with van der Waals surface area (Å²) in [6.07, 6.45) is 3.10. The van der Waals surface area contributed by atoms with Gasteiger partial charge in [-0.3, -0.25) is 9.69 Å². The highest BCUT2D eigenvalue weighted by molar-refractivity contribution is 6.04. The van der Waals surface area contributed by atoms with E-state index in [0.29, 0.717) is 36.0 Å². The summed E-state index contributed by atoms with van der Waals surface area (Å²) >= 11 is 0. The van der Waals surface area contributed by atoms with Crippen LogP contribution in [-0.4, -0.2) is 17.9 Å². The third-order valence-electron chi connectivity index (χ3n) is 7.53. The Morgan fingerprint density at radius 3 is 2.00 bits per heavy atom. The number of hydrogen-bond donors (Lipinski definition) is 1. The van der Waals surface area contributed by atoms with Crippen molar-refractivity contribution in [3.63, 3.8) is 0 Å². The van der Waals surface area contributed by atoms with Gasteiger partial charge < -0.3 is 14.8 Å². The van der Waals surface area contributed by atoms with E-state index in [1.54, 1.807) is 11.0 Å². The quantitative estimate of drug-likeness (QED) is 0.123. The third-order valence-corrected chi connectivity index (χ3v) is 7.53. The number of anilines is 1. The predicted octanol–water partition coefficient (Wildman–Crippen LogP) is 8.06. The molecular formula is C38H31FN2O4. The number of rotatable bonds is 11. The van der Waals surface area contributed by atoms with Gasteiger partial charge >= 0.3 is 6.03 Å². The number of halogens is 1. The molecule has 6 rings (SSSR count). The van der Waals surface area contributed by atoms with Gasteiger partial charge in [-0.25, -0.2) is 9.18 Å². The molecule has 5 aromatic carbocycles. The maximum absolute atomic E-state index is 13.5. The minimum Gasteiger partial charge on any atom is -0.489 e. The van der Waals surface area contributed by atoms with Crippen LogP contribution in [0.4, 0.5) is 14.9 Å². The fraction of sp³-hybridized carbons (Fsp3) is 0.105. The van der Waals surface area contributed by atoms with Gasteiger partial charge in [0.25, 0.3) is 0 Å². The van der Waals surface area contributed by atoms with Crippen molar-refractivity contribution in [2.45, 2.75) is 25.3 Å². The lowest BCUT2D eigenvalue weighted by Crippen LogP contribution is -2.29. The molecule has 2 atom stereocenters. The van der Waals surface area contributed by atoms with Crippen LogP contribution in [0, 0.1) is 5.82 Å². The summed E-state index contributed by atoms with van der Waals surface area (Å²) < 4.78 is 26.0. The highest BCUT2D eigenvalue weighted by atomic mass is 19.1. The number of nitrogens with one attached hydrogen (secondary N) is 1. The highest BCUT2D eigenvalue weighted by Crippen LogP contribution is 2.41. The van der Waals surface area contributed by atoms with Crippen molar-refractivity contribution in [3.8, 4) is 11.5 Å². The fourth-order valence-electron chi connectivity index (χ4n) is 5.28. The average molecular weight is 599 g/mol. The number of carbonyl (C=O) groups excluding carboxylic acids is 2. The number of carbonyl (C=O) groups is 2. The summed E-state index contributed by atoms with van der Waals surface area (Å²) in [5.74, 6) is 0.450. The Kier molecular flexibility index (Phi) is 8.97. The first kappa shape index (κ1) is 29.4. The topological polar surface area (TPSA) is 67.9 Å². The summed E-state index contributed by atoms with van der Waals surface area (Å²) in [6.45, 7) is 0.688. The molecular weight excluding hydrogens is 567 g/mol. The molecule has 0 radical (unpaired) electrons. The Bertz CT molecular complexity index is 1780. The molecule has 45 heavy (non-hydrogen) atoms. The molecule has 1 N–H and O–H groups in total. The minimum atomic E-state index is -0.586. The number of hydrogen-bond acceptors (Lipinski definition) is 4. The molecule has 1 aliphatic rings. The van der Waals surface area contributed by atoms with E-state index >= 15 is 0 Å². The first-order chi connectivity index (χ1) is 22.0. The van der Waals surface area contributed by atoms with E-state index in [9.17, 15) is 14.0 Å². The van der Waals surface area contributed by atoms with E-state index in [0.717, 1.165) is 16.7 Å². The van der Waals surface area contributed by atoms with Gasteiger partial charge in [-0.05, 0) is 65.7 Å². The van der Waals surface area contributed by atoms with Crippen molar-refractivity contribution in [1.82, 2.24) is 5.32 Å². The molecule has 5 aromatic rings. The van der Waals surface area contributed by atoms with Crippen LogP contribution in [0.3, 0.4) is 0 Å². The van der Waals surface area contributed by atoms with Crippen LogP contribution in [0.25, 0.3) is 0 Å². The Morgan fingerprint density at radius 1 is 0.756 bits per heavy atom. The SMILES string of the molecule is O=C(/C=C/[C@H]1NC(=O)N(c2ccccc2)[C@@H]1c1ccc(OCc2ccccc2)cc1OCc1ccccc1)c1ccc(F)cc1. The van der Waals surface area contributed by atoms with Crippen LogP contribution in [0.15, 0.2) is 146 Å². The standard InChI is InChI=1S/C38H31FN2O4/c39-30-18-16-29(17-19-30)35(42)23-22-34-37(41(38(43)40-34)31-14-8-3-9-15-31)33-21-20-32(44-25-27-10-4-1-5-11-27)24-36(33)45-26-28-12-6-2-7-13-28/h1-24,34,37H,25-26H2,(H,40,43)/b23-22+/t34-,37-/m1/s1. The van der Waals surface area contributed by atoms with E-state index in [1.807, 2.05) is 109 Å². The maximum atomic E-state index is 13.5. The molecule has 0 aromatic heterocycles. The molecule has 2 amide bonds. The summed E-state index contributed by atoms with van der Waals surface area (Å²) in [5, 5.41) is 3.03. The molecule has 1 saturated heterocycles. The normalized spacial score (nSPS) is 16.0. The minimum absolute atomic E-state index is 0.300. The van der Waals surface area contributed by atoms with E-state index in [1.165, 1.54) is 30.3 Å². The van der Waals surface area contributed by atoms with Crippen LogP contribution in [0.2, 0.25) is 0 Å². The van der Waals surface area contributed by atoms with E-state index in [2.05, 4.69) is 5.32 Å². The largest absolute Gasteiger partial charge is 0.489 e. The lowest BCUT2D eigenvalue weighted by Gasteiger charge is -2.28. The zero-order valence-electron chi connectivity index (χ0n) is 24.4. The summed E-state index contributed by atoms with van der Waals surface area (Å²) in [6, 6.07) is 38.6. The van der Waals surface area contributed by atoms with Crippen molar-refractivity contribution in [3.05, 3.63) is 174 Å². The molecule has 6 nitrogen and oxygen atoms in total. The number of nitrogens with zero attached hydrogens (tertiary/aromatic N) is 1. The molecule has 0 spiro atoms. The van der Waals surface area contributed by atoms with Gasteiger partial charge in [0.2, 0.25) is 0 Å². The lowest BCUT2D eigenvalue weighted by molar-refractivity contribution is 0.104. The molecule has 1 aliphatic heterocycles. The van der Waals surface area contributed by atoms with Crippen LogP contribution in [-0.2, 0) is 13.2 Å². The molecule has 7 heteroatoms. The average Bonchev–Trinajstić information content (AvgIpc) is 3.42. The molecule has 1 fully saturated rings. The summed E-state index contributed by atoms with van der Waals surface area (Å²) in [7, 11) is 0. The van der Waals surface area contributed by atoms with Crippen molar-refractivity contribution in [2.24, 2.45) is 0 Å². The van der Waals surface area contributed by atoms with Crippen molar-refractivity contribution >= 4 is 17.5 Å². The van der Waals surface area contributed by atoms with E-state index in [4.69, 9.17) is 9.47 Å². The van der Waals surface area contributed by atoms with Gasteiger partial charge in [0, 0.05) is 22.9 Å². The monoisotopic (exact) mass is 598 g/mol. The maximum Gasteiger partial charge on any atom is 0.323 e. The smallest absolute Gasteiger partial charge is 0.323 e. The second-order valence-corrected chi connectivity index (χ2v) is 10.6. The first-order valence-electron chi connectivity index (χ1n) is 14.7. The van der Waals surface area contributed by atoms with Gasteiger partial charge in [-0.1, -0.05) is 84.9 Å².